The first-order valence-electron chi connectivity index (χ1n) is 10.7. The van der Waals surface area contributed by atoms with Gasteiger partial charge in [0.25, 0.3) is 5.91 Å². The van der Waals surface area contributed by atoms with Crippen molar-refractivity contribution in [1.82, 2.24) is 10.4 Å². The van der Waals surface area contributed by atoms with Crippen molar-refractivity contribution in [3.8, 4) is 5.75 Å². The van der Waals surface area contributed by atoms with Gasteiger partial charge in [-0.05, 0) is 48.9 Å². The summed E-state index contributed by atoms with van der Waals surface area (Å²) in [6.45, 7) is 14.5. The van der Waals surface area contributed by atoms with Gasteiger partial charge in [-0.2, -0.15) is 5.06 Å². The predicted molar refractivity (Wildman–Crippen MR) is 124 cm³/mol. The SMILES string of the molecule is C=C(C)N(O)C(=O)C[C@@H](CC(C)C)C(=O)NC(C(=O)Nc1ccc(OC)cc1)C(C)(C)C. The molecule has 1 rings (SSSR count). The van der Waals surface area contributed by atoms with Crippen LogP contribution in [0.1, 0.15) is 54.4 Å². The summed E-state index contributed by atoms with van der Waals surface area (Å²) in [5.41, 5.74) is 0.162. The third-order valence-electron chi connectivity index (χ3n) is 4.92. The van der Waals surface area contributed by atoms with Gasteiger partial charge in [0.1, 0.15) is 11.8 Å². The Morgan fingerprint density at radius 3 is 2.12 bits per heavy atom. The number of nitrogens with one attached hydrogen (secondary N) is 2. The molecule has 0 saturated heterocycles. The second-order valence-corrected chi connectivity index (χ2v) is 9.50. The normalized spacial score (nSPS) is 13.2. The standard InChI is InChI=1S/C24H37N3O5/c1-15(2)13-17(14-20(28)27(31)16(3)4)22(29)26-21(24(5,6)7)23(30)25-18-9-11-19(32-8)12-10-18/h9-12,15,17,21,31H,3,13-14H2,1-2,4-8H3,(H,25,30)(H,26,29)/t17-,21?/m1/s1. The zero-order chi connectivity index (χ0) is 24.6. The molecule has 0 heterocycles. The number of nitrogens with zero attached hydrogens (tertiary/aromatic N) is 1. The van der Waals surface area contributed by atoms with Gasteiger partial charge < -0.3 is 15.4 Å². The molecule has 2 atom stereocenters. The predicted octanol–water partition coefficient (Wildman–Crippen LogP) is 3.97. The number of hydrogen-bond donors (Lipinski definition) is 3. The van der Waals surface area contributed by atoms with Gasteiger partial charge in [-0.15, -0.1) is 0 Å². The van der Waals surface area contributed by atoms with Crippen LogP contribution in [0.2, 0.25) is 0 Å². The first kappa shape index (κ1) is 27.2. The lowest BCUT2D eigenvalue weighted by Gasteiger charge is -2.32. The molecular weight excluding hydrogens is 410 g/mol. The molecule has 0 spiro atoms. The molecule has 178 valence electrons. The first-order chi connectivity index (χ1) is 14.8. The van der Waals surface area contributed by atoms with Crippen molar-refractivity contribution in [1.29, 1.82) is 0 Å². The number of hydroxylamine groups is 2. The van der Waals surface area contributed by atoms with E-state index in [2.05, 4.69) is 17.2 Å². The molecule has 0 bridgehead atoms. The molecule has 3 amide bonds. The maximum absolute atomic E-state index is 13.1. The maximum atomic E-state index is 13.1. The van der Waals surface area contributed by atoms with E-state index in [1.54, 1.807) is 31.4 Å². The average Bonchev–Trinajstić information content (AvgIpc) is 2.69. The van der Waals surface area contributed by atoms with Gasteiger partial charge in [0, 0.05) is 23.7 Å². The highest BCUT2D eigenvalue weighted by Gasteiger charge is 2.35. The van der Waals surface area contributed by atoms with Crippen LogP contribution in [-0.4, -0.2) is 41.1 Å². The lowest BCUT2D eigenvalue weighted by Crippen LogP contribution is -2.53. The van der Waals surface area contributed by atoms with E-state index >= 15 is 0 Å². The molecule has 1 aromatic carbocycles. The molecule has 0 aliphatic carbocycles. The largest absolute Gasteiger partial charge is 0.497 e. The summed E-state index contributed by atoms with van der Waals surface area (Å²) < 4.78 is 5.13. The monoisotopic (exact) mass is 447 g/mol. The van der Waals surface area contributed by atoms with Crippen molar-refractivity contribution in [2.24, 2.45) is 17.3 Å². The first-order valence-corrected chi connectivity index (χ1v) is 10.7. The molecule has 0 saturated carbocycles. The number of allylic oxidation sites excluding steroid dienone is 1. The van der Waals surface area contributed by atoms with E-state index in [9.17, 15) is 19.6 Å². The number of carbonyl (C=O) groups excluding carboxylic acids is 3. The van der Waals surface area contributed by atoms with Crippen LogP contribution >= 0.6 is 0 Å². The van der Waals surface area contributed by atoms with Crippen molar-refractivity contribution in [2.75, 3.05) is 12.4 Å². The van der Waals surface area contributed by atoms with E-state index in [-0.39, 0.29) is 23.9 Å². The Morgan fingerprint density at radius 2 is 1.69 bits per heavy atom. The number of ether oxygens (including phenoxy) is 1. The molecule has 8 nitrogen and oxygen atoms in total. The topological polar surface area (TPSA) is 108 Å². The van der Waals surface area contributed by atoms with Crippen LogP contribution in [0.3, 0.4) is 0 Å². The van der Waals surface area contributed by atoms with Crippen LogP contribution in [0, 0.1) is 17.3 Å². The van der Waals surface area contributed by atoms with E-state index in [0.717, 1.165) is 0 Å². The fourth-order valence-electron chi connectivity index (χ4n) is 3.19. The van der Waals surface area contributed by atoms with Gasteiger partial charge in [0.2, 0.25) is 11.8 Å². The summed E-state index contributed by atoms with van der Waals surface area (Å²) in [6, 6.07) is 6.05. The third kappa shape index (κ3) is 8.34. The summed E-state index contributed by atoms with van der Waals surface area (Å²) in [6.07, 6.45) is 0.239. The number of benzene rings is 1. The summed E-state index contributed by atoms with van der Waals surface area (Å²) >= 11 is 0. The smallest absolute Gasteiger partial charge is 0.251 e. The van der Waals surface area contributed by atoms with Gasteiger partial charge in [0.15, 0.2) is 0 Å². The Labute approximate surface area is 191 Å². The quantitative estimate of drug-likeness (QED) is 0.372. The Hall–Kier alpha value is -2.87. The molecule has 0 radical (unpaired) electrons. The highest BCUT2D eigenvalue weighted by atomic mass is 16.5. The van der Waals surface area contributed by atoms with E-state index in [1.807, 2.05) is 34.6 Å². The van der Waals surface area contributed by atoms with Gasteiger partial charge in [-0.25, -0.2) is 0 Å². The zero-order valence-electron chi connectivity index (χ0n) is 20.2. The summed E-state index contributed by atoms with van der Waals surface area (Å²) in [4.78, 5) is 38.5. The number of amides is 3. The molecule has 32 heavy (non-hydrogen) atoms. The Balaban J connectivity index is 3.02. The maximum Gasteiger partial charge on any atom is 0.251 e. The summed E-state index contributed by atoms with van der Waals surface area (Å²) in [5.74, 6) is -1.29. The Bertz CT molecular complexity index is 812. The third-order valence-corrected chi connectivity index (χ3v) is 4.92. The molecular formula is C24H37N3O5. The minimum Gasteiger partial charge on any atom is -0.497 e. The van der Waals surface area contributed by atoms with E-state index < -0.39 is 29.2 Å². The van der Waals surface area contributed by atoms with Crippen molar-refractivity contribution in [3.05, 3.63) is 36.5 Å². The van der Waals surface area contributed by atoms with Crippen LogP contribution in [0.25, 0.3) is 0 Å². The number of methoxy groups -OCH3 is 1. The molecule has 8 heteroatoms. The van der Waals surface area contributed by atoms with Gasteiger partial charge in [0.05, 0.1) is 7.11 Å². The fraction of sp³-hybridized carbons (Fsp3) is 0.542. The lowest BCUT2D eigenvalue weighted by atomic mass is 9.85. The van der Waals surface area contributed by atoms with Gasteiger partial charge >= 0.3 is 0 Å². The minimum absolute atomic E-state index is 0.136. The number of carbonyl (C=O) groups is 3. The second-order valence-electron chi connectivity index (χ2n) is 9.50. The van der Waals surface area contributed by atoms with Crippen molar-refractivity contribution >= 4 is 23.4 Å². The molecule has 3 N–H and O–H groups in total. The number of hydrogen-bond acceptors (Lipinski definition) is 5. The summed E-state index contributed by atoms with van der Waals surface area (Å²) in [7, 11) is 1.56. The highest BCUT2D eigenvalue weighted by Crippen LogP contribution is 2.24. The van der Waals surface area contributed by atoms with Gasteiger partial charge in [-0.3, -0.25) is 19.6 Å². The molecule has 0 fully saturated rings. The molecule has 1 aromatic rings. The average molecular weight is 448 g/mol. The molecule has 1 unspecified atom stereocenters. The fourth-order valence-corrected chi connectivity index (χ4v) is 3.19. The minimum atomic E-state index is -0.840. The number of rotatable bonds is 10. The Kier molecular flexibility index (Phi) is 9.90. The second kappa shape index (κ2) is 11.7. The van der Waals surface area contributed by atoms with Crippen molar-refractivity contribution in [2.45, 2.75) is 60.4 Å². The van der Waals surface area contributed by atoms with E-state index in [1.165, 1.54) is 6.92 Å². The summed E-state index contributed by atoms with van der Waals surface area (Å²) in [5, 5.41) is 15.9. The lowest BCUT2D eigenvalue weighted by molar-refractivity contribution is -0.159. The number of anilines is 1. The van der Waals surface area contributed by atoms with Crippen LogP contribution in [0.5, 0.6) is 5.75 Å². The van der Waals surface area contributed by atoms with Crippen LogP contribution in [-0.2, 0) is 14.4 Å². The van der Waals surface area contributed by atoms with Crippen LogP contribution in [0.15, 0.2) is 36.5 Å². The van der Waals surface area contributed by atoms with E-state index in [0.29, 0.717) is 22.9 Å². The molecule has 0 aromatic heterocycles. The van der Waals surface area contributed by atoms with E-state index in [4.69, 9.17) is 4.74 Å². The van der Waals surface area contributed by atoms with Crippen molar-refractivity contribution < 1.29 is 24.3 Å². The zero-order valence-corrected chi connectivity index (χ0v) is 20.2. The molecule has 0 aliphatic rings. The van der Waals surface area contributed by atoms with Crippen molar-refractivity contribution in [3.63, 3.8) is 0 Å². The van der Waals surface area contributed by atoms with Gasteiger partial charge in [-0.1, -0.05) is 41.2 Å². The van der Waals surface area contributed by atoms with Crippen LogP contribution in [0.4, 0.5) is 5.69 Å². The van der Waals surface area contributed by atoms with Crippen LogP contribution < -0.4 is 15.4 Å². The highest BCUT2D eigenvalue weighted by molar-refractivity contribution is 5.98. The Morgan fingerprint density at radius 1 is 1.12 bits per heavy atom. The molecule has 0 aliphatic heterocycles.